The van der Waals surface area contributed by atoms with E-state index in [1.807, 2.05) is 0 Å². The predicted octanol–water partition coefficient (Wildman–Crippen LogP) is 4.65. The van der Waals surface area contributed by atoms with Gasteiger partial charge in [-0.15, -0.1) is 11.3 Å². The van der Waals surface area contributed by atoms with Crippen molar-refractivity contribution in [3.05, 3.63) is 77.3 Å². The monoisotopic (exact) mass is 415 g/mol. The first-order chi connectivity index (χ1) is 14.0. The second-order valence-electron chi connectivity index (χ2n) is 5.61. The van der Waals surface area contributed by atoms with E-state index in [4.69, 9.17) is 0 Å². The fraction of sp³-hybridized carbons (Fsp3) is 0.0500. The lowest BCUT2D eigenvalue weighted by molar-refractivity contribution is -0.111. The van der Waals surface area contributed by atoms with E-state index in [2.05, 4.69) is 20.4 Å². The van der Waals surface area contributed by atoms with Gasteiger partial charge in [0.15, 0.2) is 5.13 Å². The van der Waals surface area contributed by atoms with Gasteiger partial charge in [-0.05, 0) is 36.4 Å². The molecule has 0 aliphatic rings. The minimum atomic E-state index is -2.95. The van der Waals surface area contributed by atoms with Gasteiger partial charge in [0.1, 0.15) is 5.75 Å². The molecule has 0 saturated carbocycles. The van der Waals surface area contributed by atoms with Gasteiger partial charge in [-0.3, -0.25) is 14.9 Å². The Kier molecular flexibility index (Phi) is 6.64. The summed E-state index contributed by atoms with van der Waals surface area (Å²) in [4.78, 5) is 28.2. The van der Waals surface area contributed by atoms with Crippen LogP contribution in [0.15, 0.2) is 66.2 Å². The second-order valence-corrected chi connectivity index (χ2v) is 6.50. The summed E-state index contributed by atoms with van der Waals surface area (Å²) in [6.07, 6.45) is 4.17. The van der Waals surface area contributed by atoms with Crippen LogP contribution in [0.2, 0.25) is 0 Å². The summed E-state index contributed by atoms with van der Waals surface area (Å²) >= 11 is 1.31. The molecule has 29 heavy (non-hydrogen) atoms. The van der Waals surface area contributed by atoms with Crippen molar-refractivity contribution in [2.45, 2.75) is 6.61 Å². The van der Waals surface area contributed by atoms with Gasteiger partial charge in [0.05, 0.1) is 0 Å². The third-order valence-electron chi connectivity index (χ3n) is 3.62. The van der Waals surface area contributed by atoms with E-state index in [1.54, 1.807) is 54.0 Å². The first kappa shape index (κ1) is 20.2. The Bertz CT molecular complexity index is 1010. The maximum Gasteiger partial charge on any atom is 0.387 e. The second kappa shape index (κ2) is 9.56. The molecule has 2 amide bonds. The number of amides is 2. The Balaban J connectivity index is 1.60. The summed E-state index contributed by atoms with van der Waals surface area (Å²) in [7, 11) is 0. The molecule has 0 saturated heterocycles. The summed E-state index contributed by atoms with van der Waals surface area (Å²) in [6, 6.07) is 12.4. The minimum Gasteiger partial charge on any atom is -0.434 e. The van der Waals surface area contributed by atoms with Crippen LogP contribution in [0.25, 0.3) is 6.08 Å². The number of benzene rings is 2. The Hall–Kier alpha value is -3.59. The number of hydrogen-bond donors (Lipinski definition) is 2. The van der Waals surface area contributed by atoms with Crippen LogP contribution in [0, 0.1) is 0 Å². The molecule has 2 N–H and O–H groups in total. The van der Waals surface area contributed by atoms with Gasteiger partial charge in [-0.25, -0.2) is 4.98 Å². The third kappa shape index (κ3) is 5.94. The number of para-hydroxylation sites is 1. The van der Waals surface area contributed by atoms with E-state index >= 15 is 0 Å². The van der Waals surface area contributed by atoms with E-state index in [9.17, 15) is 18.4 Å². The van der Waals surface area contributed by atoms with Crippen molar-refractivity contribution in [2.24, 2.45) is 0 Å². The van der Waals surface area contributed by atoms with Crippen LogP contribution < -0.4 is 15.4 Å². The highest BCUT2D eigenvalue weighted by Crippen LogP contribution is 2.21. The summed E-state index contributed by atoms with van der Waals surface area (Å²) in [5, 5.41) is 7.53. The molecule has 3 aromatic rings. The highest BCUT2D eigenvalue weighted by Gasteiger charge is 2.09. The number of hydrogen-bond acceptors (Lipinski definition) is 5. The lowest BCUT2D eigenvalue weighted by atomic mass is 10.2. The van der Waals surface area contributed by atoms with Gasteiger partial charge in [0.2, 0.25) is 5.91 Å². The van der Waals surface area contributed by atoms with Gasteiger partial charge in [-0.2, -0.15) is 8.78 Å². The number of aromatic nitrogens is 1. The summed E-state index contributed by atoms with van der Waals surface area (Å²) in [5.74, 6) is -0.799. The van der Waals surface area contributed by atoms with Crippen LogP contribution in [-0.2, 0) is 4.79 Å². The highest BCUT2D eigenvalue weighted by molar-refractivity contribution is 7.13. The van der Waals surface area contributed by atoms with Crippen molar-refractivity contribution in [2.75, 3.05) is 10.6 Å². The lowest BCUT2D eigenvalue weighted by Crippen LogP contribution is -2.12. The molecular weight excluding hydrogens is 400 g/mol. The summed E-state index contributed by atoms with van der Waals surface area (Å²) < 4.78 is 29.3. The highest BCUT2D eigenvalue weighted by atomic mass is 32.1. The fourth-order valence-electron chi connectivity index (χ4n) is 2.33. The van der Waals surface area contributed by atoms with Crippen LogP contribution >= 0.6 is 11.3 Å². The molecule has 1 aromatic heterocycles. The molecule has 0 radical (unpaired) electrons. The van der Waals surface area contributed by atoms with Gasteiger partial charge in [-0.1, -0.05) is 18.2 Å². The number of rotatable bonds is 7. The van der Waals surface area contributed by atoms with Gasteiger partial charge in [0, 0.05) is 34.5 Å². The molecule has 0 unspecified atom stereocenters. The molecule has 0 spiro atoms. The number of alkyl halides is 2. The number of nitrogens with one attached hydrogen (secondary N) is 2. The SMILES string of the molecule is O=C(/C=C/c1ccccc1OC(F)F)Nc1ccc(C(=O)Nc2nccs2)cc1. The zero-order valence-corrected chi connectivity index (χ0v) is 15.7. The molecule has 0 fully saturated rings. The molecule has 9 heteroatoms. The lowest BCUT2D eigenvalue weighted by Gasteiger charge is -2.07. The number of halogens is 2. The molecule has 6 nitrogen and oxygen atoms in total. The molecule has 1 heterocycles. The minimum absolute atomic E-state index is 0.0258. The number of thiazole rings is 1. The normalized spacial score (nSPS) is 10.9. The van der Waals surface area contributed by atoms with Crippen LogP contribution in [0.5, 0.6) is 5.75 Å². The third-order valence-corrected chi connectivity index (χ3v) is 4.31. The van der Waals surface area contributed by atoms with Gasteiger partial charge in [0.25, 0.3) is 5.91 Å². The zero-order chi connectivity index (χ0) is 20.6. The first-order valence-electron chi connectivity index (χ1n) is 8.35. The topological polar surface area (TPSA) is 80.3 Å². The summed E-state index contributed by atoms with van der Waals surface area (Å²) in [6.45, 7) is -2.95. The first-order valence-corrected chi connectivity index (χ1v) is 9.23. The molecule has 2 aromatic carbocycles. The van der Waals surface area contributed by atoms with E-state index in [0.717, 1.165) is 0 Å². The Morgan fingerprint density at radius 1 is 1.07 bits per heavy atom. The number of carbonyl (C=O) groups excluding carboxylic acids is 2. The Labute approximate surface area is 168 Å². The van der Waals surface area contributed by atoms with Crippen molar-refractivity contribution < 1.29 is 23.1 Å². The number of nitrogens with zero attached hydrogens (tertiary/aromatic N) is 1. The molecule has 148 valence electrons. The van der Waals surface area contributed by atoms with Gasteiger partial charge < -0.3 is 10.1 Å². The van der Waals surface area contributed by atoms with Crippen LogP contribution in [-0.4, -0.2) is 23.4 Å². The number of ether oxygens (including phenoxy) is 1. The van der Waals surface area contributed by atoms with Crippen molar-refractivity contribution >= 4 is 40.0 Å². The zero-order valence-electron chi connectivity index (χ0n) is 14.8. The summed E-state index contributed by atoms with van der Waals surface area (Å²) in [5.41, 5.74) is 1.23. The quantitative estimate of drug-likeness (QED) is 0.551. The van der Waals surface area contributed by atoms with E-state index in [-0.39, 0.29) is 11.7 Å². The Morgan fingerprint density at radius 2 is 1.83 bits per heavy atom. The van der Waals surface area contributed by atoms with Crippen molar-refractivity contribution in [3.8, 4) is 5.75 Å². The van der Waals surface area contributed by atoms with E-state index < -0.39 is 12.5 Å². The number of anilines is 2. The standard InChI is InChI=1S/C20H15F2N3O3S/c21-19(22)28-16-4-2-1-3-13(16)7-10-17(26)24-15-8-5-14(6-9-15)18(27)25-20-23-11-12-29-20/h1-12,19H,(H,24,26)(H,23,25,27)/b10-7+. The van der Waals surface area contributed by atoms with Crippen LogP contribution in [0.1, 0.15) is 15.9 Å². The van der Waals surface area contributed by atoms with E-state index in [1.165, 1.54) is 29.6 Å². The maximum atomic E-state index is 12.4. The smallest absolute Gasteiger partial charge is 0.387 e. The molecular formula is C20H15F2N3O3S. The fourth-order valence-corrected chi connectivity index (χ4v) is 2.85. The molecule has 3 rings (SSSR count). The maximum absolute atomic E-state index is 12.4. The van der Waals surface area contributed by atoms with Crippen molar-refractivity contribution in [1.29, 1.82) is 0 Å². The van der Waals surface area contributed by atoms with E-state index in [0.29, 0.717) is 21.9 Å². The van der Waals surface area contributed by atoms with Crippen molar-refractivity contribution in [1.82, 2.24) is 4.98 Å². The van der Waals surface area contributed by atoms with Crippen LogP contribution in [0.4, 0.5) is 19.6 Å². The number of carbonyl (C=O) groups is 2. The largest absolute Gasteiger partial charge is 0.434 e. The van der Waals surface area contributed by atoms with Crippen LogP contribution in [0.3, 0.4) is 0 Å². The molecule has 0 aliphatic carbocycles. The average molecular weight is 415 g/mol. The van der Waals surface area contributed by atoms with Gasteiger partial charge >= 0.3 is 6.61 Å². The predicted molar refractivity (Wildman–Crippen MR) is 107 cm³/mol. The average Bonchev–Trinajstić information content (AvgIpc) is 3.20. The molecule has 0 bridgehead atoms. The molecule has 0 aliphatic heterocycles. The Morgan fingerprint density at radius 3 is 2.52 bits per heavy atom. The molecule has 0 atom stereocenters. The van der Waals surface area contributed by atoms with Crippen molar-refractivity contribution in [3.63, 3.8) is 0 Å².